The van der Waals surface area contributed by atoms with Crippen molar-refractivity contribution in [1.29, 1.82) is 5.26 Å². The molecule has 0 saturated carbocycles. The summed E-state index contributed by atoms with van der Waals surface area (Å²) in [6.07, 6.45) is 1.48. The number of methoxy groups -OCH3 is 2. The molecule has 1 atom stereocenters. The van der Waals surface area contributed by atoms with Crippen LogP contribution in [-0.4, -0.2) is 24.0 Å². The van der Waals surface area contributed by atoms with Crippen LogP contribution in [0.1, 0.15) is 11.8 Å². The molecule has 7 nitrogen and oxygen atoms in total. The maximum Gasteiger partial charge on any atom is 0.182 e. The lowest BCUT2D eigenvalue weighted by Gasteiger charge is -2.30. The Morgan fingerprint density at radius 3 is 2.12 bits per heavy atom. The van der Waals surface area contributed by atoms with E-state index in [1.165, 1.54) is 0 Å². The summed E-state index contributed by atoms with van der Waals surface area (Å²) in [6.45, 7) is 0. The van der Waals surface area contributed by atoms with Crippen molar-refractivity contribution >= 4 is 11.4 Å². The number of fused-ring (bicyclic) bond motifs is 1. The molecular weight excluding hydrogens is 426 g/mol. The second-order valence-corrected chi connectivity index (χ2v) is 7.72. The lowest BCUT2D eigenvalue weighted by molar-refractivity contribution is 0.0827. The Hall–Kier alpha value is -4.54. The number of ether oxygens (including phenoxy) is 2. The molecule has 5 rings (SSSR count). The molecule has 4 aromatic rings. The van der Waals surface area contributed by atoms with Crippen molar-refractivity contribution < 1.29 is 9.47 Å². The highest BCUT2D eigenvalue weighted by molar-refractivity contribution is 5.92. The molecule has 1 aliphatic heterocycles. The van der Waals surface area contributed by atoms with Crippen LogP contribution >= 0.6 is 0 Å². The summed E-state index contributed by atoms with van der Waals surface area (Å²) in [5, 5.41) is 20.8. The van der Waals surface area contributed by atoms with Crippen molar-refractivity contribution in [3.05, 3.63) is 96.3 Å². The van der Waals surface area contributed by atoms with E-state index >= 15 is 0 Å². The van der Waals surface area contributed by atoms with Crippen LogP contribution in [0.25, 0.3) is 28.0 Å². The van der Waals surface area contributed by atoms with Gasteiger partial charge < -0.3 is 14.8 Å². The molecule has 0 saturated heterocycles. The molecule has 2 N–H and O–H groups in total. The standard InChI is InChI=1S/C27H23N5O2/c1-33-21-15-13-19(14-16-21)23-25(29-17-28)30-26-22(18-9-5-3-6-10-18)24(20-11-7-4-8-12-20)31-32(26)27(23)34-2/h3-16,27,29-30H,1-2H3. The monoisotopic (exact) mass is 449 g/mol. The van der Waals surface area contributed by atoms with Crippen LogP contribution in [0, 0.1) is 11.5 Å². The SMILES string of the molecule is COc1ccc(C2=C(NC#N)Nc3c(-c4ccccc4)c(-c4ccccc4)nn3C2OC)cc1. The van der Waals surface area contributed by atoms with Crippen molar-refractivity contribution in [2.45, 2.75) is 6.23 Å². The van der Waals surface area contributed by atoms with E-state index in [9.17, 15) is 5.26 Å². The van der Waals surface area contributed by atoms with Gasteiger partial charge in [-0.25, -0.2) is 4.68 Å². The number of nitrogens with zero attached hydrogens (tertiary/aromatic N) is 3. The number of nitriles is 1. The van der Waals surface area contributed by atoms with Crippen LogP contribution in [0.15, 0.2) is 90.8 Å². The van der Waals surface area contributed by atoms with Crippen molar-refractivity contribution in [3.8, 4) is 34.3 Å². The Bertz CT molecular complexity index is 1370. The average Bonchev–Trinajstić information content (AvgIpc) is 3.28. The van der Waals surface area contributed by atoms with Crippen LogP contribution in [-0.2, 0) is 4.74 Å². The van der Waals surface area contributed by atoms with Crippen molar-refractivity contribution in [3.63, 3.8) is 0 Å². The smallest absolute Gasteiger partial charge is 0.182 e. The van der Waals surface area contributed by atoms with Crippen LogP contribution in [0.3, 0.4) is 0 Å². The van der Waals surface area contributed by atoms with E-state index in [0.717, 1.165) is 45.1 Å². The molecule has 0 spiro atoms. The molecule has 1 unspecified atom stereocenters. The summed E-state index contributed by atoms with van der Waals surface area (Å²) in [6, 6.07) is 27.7. The van der Waals surface area contributed by atoms with E-state index in [4.69, 9.17) is 14.6 Å². The number of hydrogen-bond acceptors (Lipinski definition) is 6. The third-order valence-corrected chi connectivity index (χ3v) is 5.81. The zero-order valence-corrected chi connectivity index (χ0v) is 18.8. The van der Waals surface area contributed by atoms with Crippen molar-refractivity contribution in [1.82, 2.24) is 15.1 Å². The topological polar surface area (TPSA) is 84.1 Å². The molecule has 34 heavy (non-hydrogen) atoms. The number of aromatic nitrogens is 2. The van der Waals surface area contributed by atoms with Gasteiger partial charge in [-0.2, -0.15) is 10.4 Å². The molecule has 0 fully saturated rings. The van der Waals surface area contributed by atoms with E-state index in [1.54, 1.807) is 14.2 Å². The number of benzene rings is 3. The highest BCUT2D eigenvalue weighted by atomic mass is 16.5. The van der Waals surface area contributed by atoms with Crippen molar-refractivity contribution in [2.75, 3.05) is 19.5 Å². The van der Waals surface area contributed by atoms with Crippen LogP contribution in [0.5, 0.6) is 5.75 Å². The minimum Gasteiger partial charge on any atom is -0.497 e. The highest BCUT2D eigenvalue weighted by Crippen LogP contribution is 2.45. The Balaban J connectivity index is 1.74. The molecule has 0 bridgehead atoms. The fourth-order valence-corrected chi connectivity index (χ4v) is 4.26. The number of rotatable bonds is 6. The molecule has 168 valence electrons. The fourth-order valence-electron chi connectivity index (χ4n) is 4.26. The van der Waals surface area contributed by atoms with E-state index in [-0.39, 0.29) is 0 Å². The zero-order valence-electron chi connectivity index (χ0n) is 18.8. The van der Waals surface area contributed by atoms with Gasteiger partial charge in [-0.1, -0.05) is 72.8 Å². The third kappa shape index (κ3) is 3.66. The molecule has 0 aliphatic carbocycles. The summed E-state index contributed by atoms with van der Waals surface area (Å²) in [7, 11) is 3.27. The molecule has 2 heterocycles. The Morgan fingerprint density at radius 1 is 0.882 bits per heavy atom. The molecule has 7 heteroatoms. The maximum atomic E-state index is 9.52. The zero-order chi connectivity index (χ0) is 23.5. The lowest BCUT2D eigenvalue weighted by atomic mass is 9.99. The third-order valence-electron chi connectivity index (χ3n) is 5.81. The minimum atomic E-state index is -0.569. The number of nitrogens with one attached hydrogen (secondary N) is 2. The summed E-state index contributed by atoms with van der Waals surface area (Å²) in [5.41, 5.74) is 5.39. The molecular formula is C27H23N5O2. The normalized spacial score (nSPS) is 14.7. The highest BCUT2D eigenvalue weighted by Gasteiger charge is 2.34. The first kappa shape index (κ1) is 21.3. The first-order chi connectivity index (χ1) is 16.7. The second-order valence-electron chi connectivity index (χ2n) is 7.72. The average molecular weight is 450 g/mol. The van der Waals surface area contributed by atoms with Gasteiger partial charge in [0.05, 0.1) is 18.2 Å². The summed E-state index contributed by atoms with van der Waals surface area (Å²) in [5.74, 6) is 2.03. The second kappa shape index (κ2) is 9.14. The Kier molecular flexibility index (Phi) is 5.73. The van der Waals surface area contributed by atoms with E-state index in [2.05, 4.69) is 16.8 Å². The largest absolute Gasteiger partial charge is 0.497 e. The Morgan fingerprint density at radius 2 is 1.53 bits per heavy atom. The van der Waals surface area contributed by atoms with E-state index < -0.39 is 6.23 Å². The van der Waals surface area contributed by atoms with Gasteiger partial charge in [0.25, 0.3) is 0 Å². The van der Waals surface area contributed by atoms with Gasteiger partial charge in [-0.3, -0.25) is 5.32 Å². The van der Waals surface area contributed by atoms with Gasteiger partial charge in [-0.15, -0.1) is 0 Å². The van der Waals surface area contributed by atoms with Crippen LogP contribution in [0.4, 0.5) is 5.82 Å². The molecule has 0 radical (unpaired) electrons. The van der Waals surface area contributed by atoms with Gasteiger partial charge >= 0.3 is 0 Å². The summed E-state index contributed by atoms with van der Waals surface area (Å²) < 4.78 is 13.1. The molecule has 0 amide bonds. The minimum absolute atomic E-state index is 0.545. The van der Waals surface area contributed by atoms with Crippen LogP contribution in [0.2, 0.25) is 0 Å². The van der Waals surface area contributed by atoms with Gasteiger partial charge in [0.1, 0.15) is 23.1 Å². The number of anilines is 1. The maximum absolute atomic E-state index is 9.52. The fraction of sp³-hybridized carbons (Fsp3) is 0.111. The quantitative estimate of drug-likeness (QED) is 0.310. The lowest BCUT2D eigenvalue weighted by Crippen LogP contribution is -2.30. The van der Waals surface area contributed by atoms with Gasteiger partial charge in [-0.05, 0) is 23.3 Å². The van der Waals surface area contributed by atoms with E-state index in [1.807, 2.05) is 89.6 Å². The first-order valence-electron chi connectivity index (χ1n) is 10.8. The number of hydrogen-bond donors (Lipinski definition) is 2. The molecule has 1 aromatic heterocycles. The van der Waals surface area contributed by atoms with Gasteiger partial charge in [0, 0.05) is 12.7 Å². The summed E-state index contributed by atoms with van der Waals surface area (Å²) >= 11 is 0. The van der Waals surface area contributed by atoms with E-state index in [0.29, 0.717) is 5.82 Å². The molecule has 1 aliphatic rings. The predicted octanol–water partition coefficient (Wildman–Crippen LogP) is 5.24. The predicted molar refractivity (Wildman–Crippen MR) is 131 cm³/mol. The Labute approximate surface area is 197 Å². The van der Waals surface area contributed by atoms with Crippen molar-refractivity contribution in [2.24, 2.45) is 0 Å². The van der Waals surface area contributed by atoms with Gasteiger partial charge in [0.15, 0.2) is 12.4 Å². The molecule has 3 aromatic carbocycles. The first-order valence-corrected chi connectivity index (χ1v) is 10.8. The summed E-state index contributed by atoms with van der Waals surface area (Å²) in [4.78, 5) is 0. The van der Waals surface area contributed by atoms with Crippen LogP contribution < -0.4 is 15.4 Å². The van der Waals surface area contributed by atoms with Gasteiger partial charge in [0.2, 0.25) is 0 Å².